The zero-order valence-corrected chi connectivity index (χ0v) is 17.6. The summed E-state index contributed by atoms with van der Waals surface area (Å²) in [5, 5.41) is 3.63. The molecule has 5 rings (SSSR count). The van der Waals surface area contributed by atoms with Crippen molar-refractivity contribution in [2.45, 2.75) is 50.7 Å². The van der Waals surface area contributed by atoms with E-state index in [1.165, 1.54) is 6.07 Å². The number of nitrogens with two attached hydrogens (primary N) is 1. The van der Waals surface area contributed by atoms with Gasteiger partial charge < -0.3 is 15.5 Å². The van der Waals surface area contributed by atoms with Crippen molar-refractivity contribution in [3.05, 3.63) is 78.1 Å². The SMILES string of the molecule is Fc1cc2ncccc2cc1CN[C@@H]1CCCCC1(F)F.NCc1cccn2ccnc12. The summed E-state index contributed by atoms with van der Waals surface area (Å²) in [6, 6.07) is 9.72. The fraction of sp³-hybridized carbons (Fsp3) is 0.333. The van der Waals surface area contributed by atoms with Crippen LogP contribution in [-0.2, 0) is 13.1 Å². The summed E-state index contributed by atoms with van der Waals surface area (Å²) in [5.74, 6) is -3.11. The third-order valence-electron chi connectivity index (χ3n) is 5.79. The summed E-state index contributed by atoms with van der Waals surface area (Å²) in [6.07, 6.45) is 8.93. The summed E-state index contributed by atoms with van der Waals surface area (Å²) in [4.78, 5) is 8.25. The first-order valence-electron chi connectivity index (χ1n) is 10.7. The van der Waals surface area contributed by atoms with Crippen LogP contribution in [0.5, 0.6) is 0 Å². The molecular formula is C24H26F3N5. The van der Waals surface area contributed by atoms with Gasteiger partial charge in [0.15, 0.2) is 0 Å². The Morgan fingerprint density at radius 1 is 1.06 bits per heavy atom. The molecule has 1 aliphatic carbocycles. The lowest BCUT2D eigenvalue weighted by Gasteiger charge is -2.32. The minimum absolute atomic E-state index is 0.0885. The largest absolute Gasteiger partial charge is 0.326 e. The number of alkyl halides is 2. The molecule has 3 N–H and O–H groups in total. The molecule has 1 aliphatic rings. The Balaban J connectivity index is 0.000000186. The Bertz CT molecular complexity index is 1190. The van der Waals surface area contributed by atoms with Crippen LogP contribution in [0.2, 0.25) is 0 Å². The number of imidazole rings is 1. The number of nitrogens with one attached hydrogen (secondary N) is 1. The van der Waals surface area contributed by atoms with Crippen molar-refractivity contribution in [3.63, 3.8) is 0 Å². The molecule has 3 heterocycles. The molecule has 1 saturated carbocycles. The number of hydrogen-bond donors (Lipinski definition) is 2. The lowest BCUT2D eigenvalue weighted by Crippen LogP contribution is -2.46. The first-order valence-corrected chi connectivity index (χ1v) is 10.7. The van der Waals surface area contributed by atoms with E-state index in [4.69, 9.17) is 5.73 Å². The van der Waals surface area contributed by atoms with E-state index in [1.807, 2.05) is 35.0 Å². The number of fused-ring (bicyclic) bond motifs is 2. The van der Waals surface area contributed by atoms with Gasteiger partial charge in [-0.15, -0.1) is 0 Å². The molecule has 0 aliphatic heterocycles. The molecule has 1 aromatic carbocycles. The smallest absolute Gasteiger partial charge is 0.263 e. The molecule has 1 atom stereocenters. The van der Waals surface area contributed by atoms with Crippen LogP contribution in [0.3, 0.4) is 0 Å². The Morgan fingerprint density at radius 3 is 2.75 bits per heavy atom. The van der Waals surface area contributed by atoms with Gasteiger partial charge in [-0.2, -0.15) is 0 Å². The van der Waals surface area contributed by atoms with Crippen LogP contribution in [0.25, 0.3) is 16.6 Å². The van der Waals surface area contributed by atoms with Gasteiger partial charge in [-0.25, -0.2) is 18.2 Å². The second-order valence-corrected chi connectivity index (χ2v) is 7.98. The van der Waals surface area contributed by atoms with E-state index in [-0.39, 0.29) is 13.0 Å². The van der Waals surface area contributed by atoms with Gasteiger partial charge in [0.2, 0.25) is 0 Å². The van der Waals surface area contributed by atoms with Gasteiger partial charge >= 0.3 is 0 Å². The van der Waals surface area contributed by atoms with Gasteiger partial charge in [0.05, 0.1) is 11.6 Å². The van der Waals surface area contributed by atoms with Crippen molar-refractivity contribution in [2.75, 3.05) is 0 Å². The van der Waals surface area contributed by atoms with Gasteiger partial charge in [0, 0.05) is 66.9 Å². The number of rotatable bonds is 4. The number of benzene rings is 1. The molecule has 4 aromatic rings. The lowest BCUT2D eigenvalue weighted by atomic mass is 9.91. The fourth-order valence-electron chi connectivity index (χ4n) is 4.02. The minimum Gasteiger partial charge on any atom is -0.326 e. The van der Waals surface area contributed by atoms with E-state index < -0.39 is 17.8 Å². The highest BCUT2D eigenvalue weighted by atomic mass is 19.3. The third kappa shape index (κ3) is 4.92. The van der Waals surface area contributed by atoms with Crippen LogP contribution >= 0.6 is 0 Å². The minimum atomic E-state index is -2.70. The molecule has 0 unspecified atom stereocenters. The van der Waals surface area contributed by atoms with Crippen LogP contribution in [0.4, 0.5) is 13.2 Å². The van der Waals surface area contributed by atoms with Crippen molar-refractivity contribution >= 4 is 16.6 Å². The molecule has 32 heavy (non-hydrogen) atoms. The number of halogens is 3. The summed E-state index contributed by atoms with van der Waals surface area (Å²) in [5.41, 5.74) is 8.53. The average Bonchev–Trinajstić information content (AvgIpc) is 3.28. The van der Waals surface area contributed by atoms with Crippen molar-refractivity contribution in [1.29, 1.82) is 0 Å². The molecule has 8 heteroatoms. The average molecular weight is 442 g/mol. The van der Waals surface area contributed by atoms with Crippen LogP contribution in [0.15, 0.2) is 61.2 Å². The van der Waals surface area contributed by atoms with Gasteiger partial charge in [-0.1, -0.05) is 18.6 Å². The Hall–Kier alpha value is -2.97. The van der Waals surface area contributed by atoms with E-state index >= 15 is 0 Å². The van der Waals surface area contributed by atoms with Crippen molar-refractivity contribution in [2.24, 2.45) is 5.73 Å². The third-order valence-corrected chi connectivity index (χ3v) is 5.79. The van der Waals surface area contributed by atoms with E-state index in [9.17, 15) is 13.2 Å². The first kappa shape index (κ1) is 22.2. The zero-order chi connectivity index (χ0) is 22.6. The van der Waals surface area contributed by atoms with E-state index in [0.29, 0.717) is 30.5 Å². The maximum Gasteiger partial charge on any atom is 0.263 e. The second-order valence-electron chi connectivity index (χ2n) is 7.98. The topological polar surface area (TPSA) is 68.2 Å². The van der Waals surface area contributed by atoms with E-state index in [2.05, 4.69) is 15.3 Å². The van der Waals surface area contributed by atoms with Gasteiger partial charge in [0.1, 0.15) is 11.5 Å². The normalized spacial score (nSPS) is 17.8. The molecular weight excluding hydrogens is 415 g/mol. The van der Waals surface area contributed by atoms with E-state index in [0.717, 1.165) is 23.0 Å². The molecule has 0 saturated heterocycles. The van der Waals surface area contributed by atoms with Crippen LogP contribution < -0.4 is 11.1 Å². The molecule has 0 radical (unpaired) electrons. The van der Waals surface area contributed by atoms with Crippen LogP contribution in [0, 0.1) is 5.82 Å². The lowest BCUT2D eigenvalue weighted by molar-refractivity contribution is -0.0641. The van der Waals surface area contributed by atoms with Gasteiger partial charge in [-0.05, 0) is 31.0 Å². The highest BCUT2D eigenvalue weighted by Gasteiger charge is 2.40. The predicted molar refractivity (Wildman–Crippen MR) is 119 cm³/mol. The highest BCUT2D eigenvalue weighted by Crippen LogP contribution is 2.33. The van der Waals surface area contributed by atoms with Gasteiger partial charge in [-0.3, -0.25) is 4.98 Å². The molecule has 5 nitrogen and oxygen atoms in total. The monoisotopic (exact) mass is 441 g/mol. The van der Waals surface area contributed by atoms with Crippen molar-refractivity contribution in [1.82, 2.24) is 19.7 Å². The number of pyridine rings is 2. The Kier molecular flexibility index (Phi) is 6.72. The summed E-state index contributed by atoms with van der Waals surface area (Å²) < 4.78 is 43.5. The Morgan fingerprint density at radius 2 is 1.94 bits per heavy atom. The number of hydrogen-bond acceptors (Lipinski definition) is 4. The summed E-state index contributed by atoms with van der Waals surface area (Å²) >= 11 is 0. The van der Waals surface area contributed by atoms with E-state index in [1.54, 1.807) is 24.5 Å². The molecule has 0 bridgehead atoms. The summed E-state index contributed by atoms with van der Waals surface area (Å²) in [6.45, 7) is 0.651. The highest BCUT2D eigenvalue weighted by molar-refractivity contribution is 5.79. The van der Waals surface area contributed by atoms with Crippen LogP contribution in [-0.4, -0.2) is 26.3 Å². The fourth-order valence-corrected chi connectivity index (χ4v) is 4.02. The van der Waals surface area contributed by atoms with Crippen LogP contribution in [0.1, 0.15) is 36.8 Å². The Labute approximate surface area is 184 Å². The number of aromatic nitrogens is 3. The maximum absolute atomic E-state index is 14.0. The zero-order valence-electron chi connectivity index (χ0n) is 17.6. The molecule has 0 amide bonds. The first-order chi connectivity index (χ1) is 15.5. The number of nitrogens with zero attached hydrogens (tertiary/aromatic N) is 3. The molecule has 1 fully saturated rings. The maximum atomic E-state index is 14.0. The summed E-state index contributed by atoms with van der Waals surface area (Å²) in [7, 11) is 0. The predicted octanol–water partition coefficient (Wildman–Crippen LogP) is 4.83. The van der Waals surface area contributed by atoms with Gasteiger partial charge in [0.25, 0.3) is 5.92 Å². The quantitative estimate of drug-likeness (QED) is 0.476. The molecule has 3 aromatic heterocycles. The second kappa shape index (κ2) is 9.67. The standard InChI is InChI=1S/C16H17F3N2.C8H9N3/c17-13-9-14-11(4-3-7-20-14)8-12(13)10-21-15-5-1-2-6-16(15,18)19;9-6-7-2-1-4-11-5-3-10-8(7)11/h3-4,7-9,15,21H,1-2,5-6,10H2;1-5H,6,9H2/t15-;/m1./s1. The molecule has 168 valence electrons. The van der Waals surface area contributed by atoms with Crippen molar-refractivity contribution in [3.8, 4) is 0 Å². The molecule has 0 spiro atoms. The van der Waals surface area contributed by atoms with Crippen molar-refractivity contribution < 1.29 is 13.2 Å².